The molecule has 1 aliphatic rings. The first kappa shape index (κ1) is 18.7. The Balaban J connectivity index is 1.45. The van der Waals surface area contributed by atoms with Crippen LogP contribution in [0.4, 0.5) is 0 Å². The van der Waals surface area contributed by atoms with Crippen molar-refractivity contribution in [3.8, 4) is 11.4 Å². The van der Waals surface area contributed by atoms with Crippen molar-refractivity contribution in [1.82, 2.24) is 14.7 Å². The van der Waals surface area contributed by atoms with E-state index in [1.807, 2.05) is 35.1 Å². The highest BCUT2D eigenvalue weighted by molar-refractivity contribution is 5.45. The van der Waals surface area contributed by atoms with Crippen LogP contribution in [-0.4, -0.2) is 40.0 Å². The molecule has 1 aliphatic heterocycles. The maximum atomic E-state index is 9.35. The number of likely N-dealkylation sites (tertiary alicyclic amines) is 1. The quantitative estimate of drug-likeness (QED) is 0.685. The van der Waals surface area contributed by atoms with Crippen molar-refractivity contribution < 1.29 is 9.84 Å². The van der Waals surface area contributed by atoms with Crippen molar-refractivity contribution in [2.24, 2.45) is 5.92 Å². The first-order valence-electron chi connectivity index (χ1n) is 9.83. The van der Waals surface area contributed by atoms with Gasteiger partial charge in [0, 0.05) is 25.5 Å². The minimum absolute atomic E-state index is 0.108. The topological polar surface area (TPSA) is 50.5 Å². The summed E-state index contributed by atoms with van der Waals surface area (Å²) in [5, 5.41) is 13.8. The van der Waals surface area contributed by atoms with Crippen LogP contribution in [-0.2, 0) is 19.6 Å². The van der Waals surface area contributed by atoms with Crippen LogP contribution in [0.2, 0.25) is 0 Å². The summed E-state index contributed by atoms with van der Waals surface area (Å²) in [6, 6.07) is 16.4. The van der Waals surface area contributed by atoms with Crippen LogP contribution in [0, 0.1) is 5.92 Å². The molecule has 1 N–H and O–H groups in total. The molecule has 1 fully saturated rings. The molecule has 0 bridgehead atoms. The maximum Gasteiger partial charge on any atom is 0.119 e. The van der Waals surface area contributed by atoms with Crippen molar-refractivity contribution >= 4 is 0 Å². The van der Waals surface area contributed by atoms with E-state index in [1.54, 1.807) is 13.3 Å². The minimum Gasteiger partial charge on any atom is -0.497 e. The molecule has 3 aromatic rings. The molecule has 5 heteroatoms. The van der Waals surface area contributed by atoms with Crippen molar-refractivity contribution in [2.45, 2.75) is 26.0 Å². The number of nitrogens with zero attached hydrogens (tertiary/aromatic N) is 3. The number of ether oxygens (including phenoxy) is 1. The zero-order chi connectivity index (χ0) is 19.3. The fourth-order valence-electron chi connectivity index (χ4n) is 4.10. The van der Waals surface area contributed by atoms with Gasteiger partial charge in [-0.05, 0) is 66.3 Å². The van der Waals surface area contributed by atoms with E-state index in [0.29, 0.717) is 5.92 Å². The van der Waals surface area contributed by atoms with E-state index in [4.69, 9.17) is 4.74 Å². The van der Waals surface area contributed by atoms with Crippen LogP contribution < -0.4 is 4.74 Å². The fraction of sp³-hybridized carbons (Fsp3) is 0.348. The molecule has 28 heavy (non-hydrogen) atoms. The Hall–Kier alpha value is -2.63. The number of aliphatic hydroxyl groups is 1. The normalized spacial score (nSPS) is 17.1. The number of aliphatic hydroxyl groups excluding tert-OH is 1. The van der Waals surface area contributed by atoms with Gasteiger partial charge in [-0.25, -0.2) is 4.68 Å². The Kier molecular flexibility index (Phi) is 5.74. The minimum atomic E-state index is 0.108. The van der Waals surface area contributed by atoms with Crippen LogP contribution in [0.25, 0.3) is 5.69 Å². The second-order valence-corrected chi connectivity index (χ2v) is 7.52. The van der Waals surface area contributed by atoms with Gasteiger partial charge in [0.2, 0.25) is 0 Å². The molecule has 4 rings (SSSR count). The number of rotatable bonds is 7. The summed E-state index contributed by atoms with van der Waals surface area (Å²) in [5.74, 6) is 1.52. The van der Waals surface area contributed by atoms with E-state index in [1.165, 1.54) is 17.5 Å². The van der Waals surface area contributed by atoms with E-state index >= 15 is 0 Å². The molecule has 0 spiro atoms. The average Bonchev–Trinajstić information content (AvgIpc) is 3.40. The van der Waals surface area contributed by atoms with Gasteiger partial charge in [-0.2, -0.15) is 5.10 Å². The molecule has 2 heterocycles. The third-order valence-corrected chi connectivity index (χ3v) is 5.50. The first-order chi connectivity index (χ1) is 13.7. The lowest BCUT2D eigenvalue weighted by molar-refractivity contribution is 0.281. The highest BCUT2D eigenvalue weighted by Crippen LogP contribution is 2.27. The second-order valence-electron chi connectivity index (χ2n) is 7.52. The van der Waals surface area contributed by atoms with E-state index in [9.17, 15) is 5.11 Å². The molecule has 146 valence electrons. The summed E-state index contributed by atoms with van der Waals surface area (Å²) in [6.45, 7) is 3.18. The van der Waals surface area contributed by atoms with Crippen molar-refractivity contribution in [3.63, 3.8) is 0 Å². The van der Waals surface area contributed by atoms with Gasteiger partial charge in [0.15, 0.2) is 0 Å². The highest BCUT2D eigenvalue weighted by atomic mass is 16.5. The molecule has 1 atom stereocenters. The van der Waals surface area contributed by atoms with Gasteiger partial charge >= 0.3 is 0 Å². The predicted octanol–water partition coefficient (Wildman–Crippen LogP) is 3.44. The van der Waals surface area contributed by atoms with Crippen LogP contribution in [0.5, 0.6) is 5.75 Å². The SMILES string of the molecule is COc1ccc(-n2cccn2)c(CN2CCC(Cc3cccc(CO)c3)C2)c1. The molecular weight excluding hydrogens is 350 g/mol. The van der Waals surface area contributed by atoms with Gasteiger partial charge in [0.1, 0.15) is 5.75 Å². The highest BCUT2D eigenvalue weighted by Gasteiger charge is 2.24. The van der Waals surface area contributed by atoms with Crippen molar-refractivity contribution in [2.75, 3.05) is 20.2 Å². The average molecular weight is 377 g/mol. The molecule has 0 amide bonds. The standard InChI is InChI=1S/C23H27N3O2/c1-28-22-6-7-23(26-10-3-9-24-26)21(14-22)16-25-11-8-19(15-25)12-18-4-2-5-20(13-18)17-27/h2-7,9-10,13-14,19,27H,8,11-12,15-17H2,1H3. The molecule has 0 aliphatic carbocycles. The summed E-state index contributed by atoms with van der Waals surface area (Å²) < 4.78 is 7.36. The fourth-order valence-corrected chi connectivity index (χ4v) is 4.10. The molecular formula is C23H27N3O2. The van der Waals surface area contributed by atoms with E-state index in [-0.39, 0.29) is 6.61 Å². The van der Waals surface area contributed by atoms with Crippen LogP contribution in [0.1, 0.15) is 23.1 Å². The van der Waals surface area contributed by atoms with E-state index in [0.717, 1.165) is 43.1 Å². The molecule has 2 aromatic carbocycles. The van der Waals surface area contributed by atoms with Crippen LogP contribution in [0.3, 0.4) is 0 Å². The van der Waals surface area contributed by atoms with Gasteiger partial charge in [-0.1, -0.05) is 24.3 Å². The summed E-state index contributed by atoms with van der Waals surface area (Å²) >= 11 is 0. The summed E-state index contributed by atoms with van der Waals surface area (Å²) in [6.07, 6.45) is 6.05. The summed E-state index contributed by atoms with van der Waals surface area (Å²) in [4.78, 5) is 2.52. The molecule has 1 unspecified atom stereocenters. The van der Waals surface area contributed by atoms with E-state index < -0.39 is 0 Å². The first-order valence-corrected chi connectivity index (χ1v) is 9.83. The third-order valence-electron chi connectivity index (χ3n) is 5.50. The number of aromatic nitrogens is 2. The Bertz CT molecular complexity index is 908. The van der Waals surface area contributed by atoms with Gasteiger partial charge in [-0.15, -0.1) is 0 Å². The maximum absolute atomic E-state index is 9.35. The second kappa shape index (κ2) is 8.59. The lowest BCUT2D eigenvalue weighted by Gasteiger charge is -2.19. The molecule has 1 aromatic heterocycles. The zero-order valence-electron chi connectivity index (χ0n) is 16.3. The Morgan fingerprint density at radius 2 is 2.04 bits per heavy atom. The Labute approximate surface area is 166 Å². The Morgan fingerprint density at radius 1 is 1.14 bits per heavy atom. The number of benzene rings is 2. The van der Waals surface area contributed by atoms with Crippen molar-refractivity contribution in [1.29, 1.82) is 0 Å². The lowest BCUT2D eigenvalue weighted by Crippen LogP contribution is -2.21. The third kappa shape index (κ3) is 4.26. The lowest BCUT2D eigenvalue weighted by atomic mass is 9.97. The van der Waals surface area contributed by atoms with Crippen LogP contribution in [0.15, 0.2) is 60.9 Å². The molecule has 1 saturated heterocycles. The molecule has 0 radical (unpaired) electrons. The van der Waals surface area contributed by atoms with Gasteiger partial charge in [0.05, 0.1) is 19.4 Å². The predicted molar refractivity (Wildman–Crippen MR) is 110 cm³/mol. The number of methoxy groups -OCH3 is 1. The van der Waals surface area contributed by atoms with Crippen LogP contribution >= 0.6 is 0 Å². The van der Waals surface area contributed by atoms with Gasteiger partial charge in [-0.3, -0.25) is 4.90 Å². The summed E-state index contributed by atoms with van der Waals surface area (Å²) in [7, 11) is 1.71. The Morgan fingerprint density at radius 3 is 2.82 bits per heavy atom. The van der Waals surface area contributed by atoms with Gasteiger partial charge < -0.3 is 9.84 Å². The largest absolute Gasteiger partial charge is 0.497 e. The summed E-state index contributed by atoms with van der Waals surface area (Å²) in [5.41, 5.74) is 4.64. The number of hydrogen-bond donors (Lipinski definition) is 1. The zero-order valence-corrected chi connectivity index (χ0v) is 16.3. The van der Waals surface area contributed by atoms with Crippen molar-refractivity contribution in [3.05, 3.63) is 77.6 Å². The number of hydrogen-bond acceptors (Lipinski definition) is 4. The van der Waals surface area contributed by atoms with Gasteiger partial charge in [0.25, 0.3) is 0 Å². The smallest absolute Gasteiger partial charge is 0.119 e. The van der Waals surface area contributed by atoms with E-state index in [2.05, 4.69) is 34.3 Å². The molecule has 0 saturated carbocycles. The monoisotopic (exact) mass is 377 g/mol. The molecule has 5 nitrogen and oxygen atoms in total.